The molecule has 2 aromatic rings. The normalized spacial score (nSPS) is 18.9. The second kappa shape index (κ2) is 5.76. The molecule has 1 unspecified atom stereocenters. The molecule has 1 amide bonds. The monoisotopic (exact) mass is 291 g/mol. The van der Waals surface area contributed by atoms with Gasteiger partial charge < -0.3 is 15.4 Å². The van der Waals surface area contributed by atoms with E-state index in [2.05, 4.69) is 15.6 Å². The molecule has 0 saturated carbocycles. The Bertz CT molecular complexity index is 620. The fourth-order valence-corrected chi connectivity index (χ4v) is 3.27. The summed E-state index contributed by atoms with van der Waals surface area (Å²) < 4.78 is 6.21. The van der Waals surface area contributed by atoms with Gasteiger partial charge in [0.25, 0.3) is 0 Å². The molecule has 5 nitrogen and oxygen atoms in total. The molecule has 20 heavy (non-hydrogen) atoms. The molecule has 1 fully saturated rings. The number of hydrogen-bond acceptors (Lipinski definition) is 5. The maximum absolute atomic E-state index is 12.2. The number of thiazole rings is 1. The van der Waals surface area contributed by atoms with Crippen LogP contribution in [0.15, 0.2) is 18.2 Å². The van der Waals surface area contributed by atoms with Crippen molar-refractivity contribution >= 4 is 32.6 Å². The Kier molecular flexibility index (Phi) is 3.84. The van der Waals surface area contributed by atoms with E-state index in [1.54, 1.807) is 7.11 Å². The molecule has 1 aliphatic heterocycles. The molecule has 2 N–H and O–H groups in total. The van der Waals surface area contributed by atoms with Crippen molar-refractivity contribution in [3.8, 4) is 5.75 Å². The van der Waals surface area contributed by atoms with Crippen molar-refractivity contribution in [3.05, 3.63) is 18.2 Å². The molecule has 106 valence electrons. The summed E-state index contributed by atoms with van der Waals surface area (Å²) in [5, 5.41) is 6.83. The van der Waals surface area contributed by atoms with Crippen LogP contribution in [0.4, 0.5) is 5.13 Å². The topological polar surface area (TPSA) is 63.2 Å². The molecule has 1 atom stereocenters. The first-order valence-electron chi connectivity index (χ1n) is 6.72. The number of carbonyl (C=O) groups is 1. The van der Waals surface area contributed by atoms with Crippen LogP contribution in [-0.4, -0.2) is 31.1 Å². The van der Waals surface area contributed by atoms with Crippen LogP contribution in [0.25, 0.3) is 10.2 Å². The van der Waals surface area contributed by atoms with E-state index >= 15 is 0 Å². The fourth-order valence-electron chi connectivity index (χ4n) is 2.37. The zero-order chi connectivity index (χ0) is 13.9. The van der Waals surface area contributed by atoms with Gasteiger partial charge in [0.15, 0.2) is 5.13 Å². The van der Waals surface area contributed by atoms with Crippen LogP contribution in [0.1, 0.15) is 12.8 Å². The third-order valence-electron chi connectivity index (χ3n) is 3.49. The van der Waals surface area contributed by atoms with Gasteiger partial charge in [0.2, 0.25) is 5.91 Å². The Morgan fingerprint density at radius 2 is 2.45 bits per heavy atom. The van der Waals surface area contributed by atoms with E-state index in [0.717, 1.165) is 41.9 Å². The number of benzene rings is 1. The summed E-state index contributed by atoms with van der Waals surface area (Å²) in [5.41, 5.74) is 0.882. The zero-order valence-corrected chi connectivity index (χ0v) is 12.1. The number of rotatable bonds is 3. The van der Waals surface area contributed by atoms with Crippen LogP contribution >= 0.6 is 11.3 Å². The van der Waals surface area contributed by atoms with Gasteiger partial charge in [-0.1, -0.05) is 11.3 Å². The van der Waals surface area contributed by atoms with Crippen molar-refractivity contribution in [3.63, 3.8) is 0 Å². The maximum atomic E-state index is 12.2. The van der Waals surface area contributed by atoms with Crippen molar-refractivity contribution in [2.75, 3.05) is 25.5 Å². The average molecular weight is 291 g/mol. The summed E-state index contributed by atoms with van der Waals surface area (Å²) >= 11 is 1.48. The first-order valence-corrected chi connectivity index (χ1v) is 7.54. The van der Waals surface area contributed by atoms with Crippen molar-refractivity contribution in [1.29, 1.82) is 0 Å². The molecule has 2 heterocycles. The van der Waals surface area contributed by atoms with Gasteiger partial charge in [-0.05, 0) is 37.6 Å². The van der Waals surface area contributed by atoms with E-state index in [1.165, 1.54) is 11.3 Å². The van der Waals surface area contributed by atoms with Crippen LogP contribution in [-0.2, 0) is 4.79 Å². The lowest BCUT2D eigenvalue weighted by atomic mass is 9.99. The van der Waals surface area contributed by atoms with Gasteiger partial charge in [0.1, 0.15) is 5.75 Å². The van der Waals surface area contributed by atoms with Crippen LogP contribution in [0.2, 0.25) is 0 Å². The second-order valence-corrected chi connectivity index (χ2v) is 5.92. The van der Waals surface area contributed by atoms with Crippen LogP contribution in [0.3, 0.4) is 0 Å². The predicted octanol–water partition coefficient (Wildman–Crippen LogP) is 2.24. The first kappa shape index (κ1) is 13.3. The maximum Gasteiger partial charge on any atom is 0.230 e. The SMILES string of the molecule is COc1ccc2nc(NC(=O)C3CCCNC3)sc2c1. The highest BCUT2D eigenvalue weighted by atomic mass is 32.1. The van der Waals surface area contributed by atoms with E-state index in [4.69, 9.17) is 4.74 Å². The van der Waals surface area contributed by atoms with E-state index in [9.17, 15) is 4.79 Å². The van der Waals surface area contributed by atoms with E-state index in [0.29, 0.717) is 5.13 Å². The minimum atomic E-state index is 0.0466. The van der Waals surface area contributed by atoms with Gasteiger partial charge in [-0.25, -0.2) is 4.98 Å². The van der Waals surface area contributed by atoms with Gasteiger partial charge in [-0.15, -0.1) is 0 Å². The molecule has 1 saturated heterocycles. The molecule has 0 aliphatic carbocycles. The molecule has 0 bridgehead atoms. The molecule has 3 rings (SSSR count). The third kappa shape index (κ3) is 2.76. The zero-order valence-electron chi connectivity index (χ0n) is 11.3. The highest BCUT2D eigenvalue weighted by molar-refractivity contribution is 7.22. The largest absolute Gasteiger partial charge is 0.497 e. The lowest BCUT2D eigenvalue weighted by Crippen LogP contribution is -2.37. The van der Waals surface area contributed by atoms with Gasteiger partial charge in [0, 0.05) is 6.54 Å². The Labute approximate surface area is 121 Å². The third-order valence-corrected chi connectivity index (χ3v) is 4.43. The highest BCUT2D eigenvalue weighted by Crippen LogP contribution is 2.29. The molecule has 1 aliphatic rings. The summed E-state index contributed by atoms with van der Waals surface area (Å²) in [6.45, 7) is 1.76. The van der Waals surface area contributed by atoms with Crippen LogP contribution in [0, 0.1) is 5.92 Å². The number of piperidine rings is 1. The summed E-state index contributed by atoms with van der Waals surface area (Å²) in [6.07, 6.45) is 1.99. The average Bonchev–Trinajstić information content (AvgIpc) is 2.89. The second-order valence-electron chi connectivity index (χ2n) is 4.89. The Hall–Kier alpha value is -1.66. The van der Waals surface area contributed by atoms with Gasteiger partial charge in [-0.3, -0.25) is 4.79 Å². The molecule has 0 radical (unpaired) electrons. The highest BCUT2D eigenvalue weighted by Gasteiger charge is 2.21. The number of ether oxygens (including phenoxy) is 1. The predicted molar refractivity (Wildman–Crippen MR) is 80.4 cm³/mol. The van der Waals surface area contributed by atoms with Crippen molar-refractivity contribution in [2.24, 2.45) is 5.92 Å². The summed E-state index contributed by atoms with van der Waals surface area (Å²) in [7, 11) is 1.64. The van der Waals surface area contributed by atoms with E-state index < -0.39 is 0 Å². The molecular weight excluding hydrogens is 274 g/mol. The minimum absolute atomic E-state index is 0.0466. The number of aromatic nitrogens is 1. The number of amides is 1. The summed E-state index contributed by atoms with van der Waals surface area (Å²) in [5.74, 6) is 0.907. The van der Waals surface area contributed by atoms with Gasteiger partial charge in [-0.2, -0.15) is 0 Å². The van der Waals surface area contributed by atoms with Gasteiger partial charge in [0.05, 0.1) is 23.2 Å². The van der Waals surface area contributed by atoms with Crippen LogP contribution in [0.5, 0.6) is 5.75 Å². The van der Waals surface area contributed by atoms with Crippen molar-refractivity contribution in [1.82, 2.24) is 10.3 Å². The van der Waals surface area contributed by atoms with Gasteiger partial charge >= 0.3 is 0 Å². The molecule has 0 spiro atoms. The minimum Gasteiger partial charge on any atom is -0.497 e. The van der Waals surface area contributed by atoms with Crippen molar-refractivity contribution in [2.45, 2.75) is 12.8 Å². The molecule has 1 aromatic carbocycles. The lowest BCUT2D eigenvalue weighted by molar-refractivity contribution is -0.120. The van der Waals surface area contributed by atoms with Crippen LogP contribution < -0.4 is 15.4 Å². The number of anilines is 1. The lowest BCUT2D eigenvalue weighted by Gasteiger charge is -2.21. The van der Waals surface area contributed by atoms with E-state index in [-0.39, 0.29) is 11.8 Å². The number of nitrogens with zero attached hydrogens (tertiary/aromatic N) is 1. The molecular formula is C14H17N3O2S. The molecule has 6 heteroatoms. The quantitative estimate of drug-likeness (QED) is 0.910. The summed E-state index contributed by atoms with van der Waals surface area (Å²) in [6, 6.07) is 5.71. The smallest absolute Gasteiger partial charge is 0.230 e. The number of fused-ring (bicyclic) bond motifs is 1. The van der Waals surface area contributed by atoms with E-state index in [1.807, 2.05) is 18.2 Å². The Morgan fingerprint density at radius 1 is 1.55 bits per heavy atom. The molecule has 1 aromatic heterocycles. The fraction of sp³-hybridized carbons (Fsp3) is 0.429. The number of carbonyl (C=O) groups excluding carboxylic acids is 1. The van der Waals surface area contributed by atoms with Crippen molar-refractivity contribution < 1.29 is 9.53 Å². The Morgan fingerprint density at radius 3 is 3.20 bits per heavy atom. The number of methoxy groups -OCH3 is 1. The first-order chi connectivity index (χ1) is 9.76. The summed E-state index contributed by atoms with van der Waals surface area (Å²) in [4.78, 5) is 16.6. The number of hydrogen-bond donors (Lipinski definition) is 2. The standard InChI is InChI=1S/C14H17N3O2S/c1-19-10-4-5-11-12(7-10)20-14(16-11)17-13(18)9-3-2-6-15-8-9/h4-5,7,9,15H,2-3,6,8H2,1H3,(H,16,17,18). The Balaban J connectivity index is 1.75. The number of nitrogens with one attached hydrogen (secondary N) is 2.